The molecule has 2 fully saturated rings. The van der Waals surface area contributed by atoms with Crippen molar-refractivity contribution < 1.29 is 19.3 Å². The Morgan fingerprint density at radius 2 is 1.62 bits per heavy atom. The fraction of sp³-hybridized carbons (Fsp3) is 1.00. The zero-order chi connectivity index (χ0) is 15.5. The molecule has 5 unspecified atom stereocenters. The summed E-state index contributed by atoms with van der Waals surface area (Å²) in [5, 5.41) is 10.5. The van der Waals surface area contributed by atoms with Gasteiger partial charge in [-0.25, -0.2) is 0 Å². The molecule has 0 bridgehead atoms. The van der Waals surface area contributed by atoms with Crippen molar-refractivity contribution in [1.82, 2.24) is 0 Å². The molecule has 0 aromatic rings. The number of hydrogen-bond acceptors (Lipinski definition) is 4. The van der Waals surface area contributed by atoms with E-state index in [9.17, 15) is 5.11 Å². The monoisotopic (exact) mass is 300 g/mol. The first-order valence-corrected chi connectivity index (χ1v) is 8.47. The zero-order valence-electron chi connectivity index (χ0n) is 14.0. The Morgan fingerprint density at radius 3 is 2.10 bits per heavy atom. The molecule has 2 heterocycles. The Morgan fingerprint density at radius 1 is 1.10 bits per heavy atom. The number of ether oxygens (including phenoxy) is 3. The van der Waals surface area contributed by atoms with Crippen LogP contribution in [0.3, 0.4) is 0 Å². The van der Waals surface area contributed by atoms with Crippen molar-refractivity contribution >= 4 is 0 Å². The minimum Gasteiger partial charge on any atom is -0.392 e. The second-order valence-electron chi connectivity index (χ2n) is 7.34. The van der Waals surface area contributed by atoms with Crippen molar-refractivity contribution in [1.29, 1.82) is 0 Å². The van der Waals surface area contributed by atoms with E-state index in [0.29, 0.717) is 30.7 Å². The number of hydrogen-bond donors (Lipinski definition) is 1. The van der Waals surface area contributed by atoms with Gasteiger partial charge in [-0.1, -0.05) is 34.1 Å². The van der Waals surface area contributed by atoms with Gasteiger partial charge in [-0.3, -0.25) is 0 Å². The summed E-state index contributed by atoms with van der Waals surface area (Å²) < 4.78 is 16.6. The highest BCUT2D eigenvalue weighted by Crippen LogP contribution is 2.33. The molecule has 0 spiro atoms. The number of aliphatic hydroxyl groups excluding tert-OH is 1. The van der Waals surface area contributed by atoms with Crippen molar-refractivity contribution in [3.63, 3.8) is 0 Å². The van der Waals surface area contributed by atoms with Crippen LogP contribution in [0.4, 0.5) is 0 Å². The molecule has 4 nitrogen and oxygen atoms in total. The second kappa shape index (κ2) is 7.40. The largest absolute Gasteiger partial charge is 0.392 e. The summed E-state index contributed by atoms with van der Waals surface area (Å²) in [6.45, 7) is 11.6. The van der Waals surface area contributed by atoms with Gasteiger partial charge in [0.25, 0.3) is 0 Å². The molecular weight excluding hydrogens is 268 g/mol. The molecule has 2 rings (SSSR count). The van der Waals surface area contributed by atoms with Crippen LogP contribution in [0.1, 0.15) is 47.0 Å². The van der Waals surface area contributed by atoms with Gasteiger partial charge in [0.1, 0.15) is 0 Å². The molecule has 2 aliphatic rings. The summed E-state index contributed by atoms with van der Waals surface area (Å²) in [6.07, 6.45) is 3.39. The van der Waals surface area contributed by atoms with Gasteiger partial charge in [-0.2, -0.15) is 0 Å². The van der Waals surface area contributed by atoms with Crippen LogP contribution in [-0.2, 0) is 14.2 Å². The SMILES string of the molecule is CCC(COCC(C)(C)C(O)CC(CC)C1CO1)C1CO1. The van der Waals surface area contributed by atoms with E-state index in [2.05, 4.69) is 27.7 Å². The van der Waals surface area contributed by atoms with Gasteiger partial charge in [-0.15, -0.1) is 0 Å². The lowest BCUT2D eigenvalue weighted by Crippen LogP contribution is -2.37. The van der Waals surface area contributed by atoms with Gasteiger partial charge in [-0.05, 0) is 18.8 Å². The maximum atomic E-state index is 10.5. The van der Waals surface area contributed by atoms with Crippen molar-refractivity contribution in [2.75, 3.05) is 26.4 Å². The molecule has 0 aromatic heterocycles. The van der Waals surface area contributed by atoms with E-state index in [1.165, 1.54) is 0 Å². The predicted molar refractivity (Wildman–Crippen MR) is 82.3 cm³/mol. The average molecular weight is 300 g/mol. The molecule has 2 aliphatic heterocycles. The van der Waals surface area contributed by atoms with E-state index in [1.54, 1.807) is 0 Å². The van der Waals surface area contributed by atoms with Crippen LogP contribution >= 0.6 is 0 Å². The van der Waals surface area contributed by atoms with Crippen molar-refractivity contribution in [2.45, 2.75) is 65.3 Å². The molecule has 1 N–H and O–H groups in total. The summed E-state index contributed by atoms with van der Waals surface area (Å²) in [7, 11) is 0. The Kier molecular flexibility index (Phi) is 6.06. The first-order chi connectivity index (χ1) is 9.97. The Balaban J connectivity index is 1.71. The number of rotatable bonds is 11. The van der Waals surface area contributed by atoms with Gasteiger partial charge in [0.15, 0.2) is 0 Å². The number of epoxide rings is 2. The second-order valence-corrected chi connectivity index (χ2v) is 7.34. The normalized spacial score (nSPS) is 29.0. The first-order valence-electron chi connectivity index (χ1n) is 8.47. The van der Waals surface area contributed by atoms with Gasteiger partial charge >= 0.3 is 0 Å². The topological polar surface area (TPSA) is 54.5 Å². The van der Waals surface area contributed by atoms with Crippen LogP contribution in [0.15, 0.2) is 0 Å². The highest BCUT2D eigenvalue weighted by Gasteiger charge is 2.37. The average Bonchev–Trinajstić information content (AvgIpc) is 3.31. The van der Waals surface area contributed by atoms with Crippen LogP contribution < -0.4 is 0 Å². The molecular formula is C17H32O4. The summed E-state index contributed by atoms with van der Waals surface area (Å²) in [5.41, 5.74) is -0.217. The molecule has 21 heavy (non-hydrogen) atoms. The molecule has 4 heteroatoms. The standard InChI is InChI=1S/C17H32O4/c1-5-12(14-9-20-14)7-16(18)17(3,4)11-19-8-13(6-2)15-10-21-15/h12-16,18H,5-11H2,1-4H3. The fourth-order valence-electron chi connectivity index (χ4n) is 2.90. The van der Waals surface area contributed by atoms with Crippen LogP contribution in [0.25, 0.3) is 0 Å². The third-order valence-corrected chi connectivity index (χ3v) is 5.05. The third kappa shape index (κ3) is 5.20. The van der Waals surface area contributed by atoms with Crippen LogP contribution in [0, 0.1) is 17.3 Å². The summed E-state index contributed by atoms with van der Waals surface area (Å²) in [6, 6.07) is 0. The summed E-state index contributed by atoms with van der Waals surface area (Å²) in [4.78, 5) is 0. The van der Waals surface area contributed by atoms with Crippen LogP contribution in [0.2, 0.25) is 0 Å². The Labute approximate surface area is 129 Å². The molecule has 5 atom stereocenters. The highest BCUT2D eigenvalue weighted by molar-refractivity contribution is 4.86. The minimum atomic E-state index is -0.344. The van der Waals surface area contributed by atoms with E-state index in [4.69, 9.17) is 14.2 Å². The smallest absolute Gasteiger partial charge is 0.0859 e. The van der Waals surface area contributed by atoms with Crippen molar-refractivity contribution in [3.8, 4) is 0 Å². The molecule has 0 radical (unpaired) electrons. The maximum Gasteiger partial charge on any atom is 0.0859 e. The quantitative estimate of drug-likeness (QED) is 0.596. The van der Waals surface area contributed by atoms with E-state index in [1.807, 2.05) is 0 Å². The van der Waals surface area contributed by atoms with E-state index < -0.39 is 0 Å². The first kappa shape index (κ1) is 17.2. The van der Waals surface area contributed by atoms with Gasteiger partial charge in [0.2, 0.25) is 0 Å². The molecule has 124 valence electrons. The van der Waals surface area contributed by atoms with E-state index in [0.717, 1.165) is 39.1 Å². The summed E-state index contributed by atoms with van der Waals surface area (Å²) in [5.74, 6) is 0.976. The number of aliphatic hydroxyl groups is 1. The highest BCUT2D eigenvalue weighted by atomic mass is 16.6. The minimum absolute atomic E-state index is 0.217. The van der Waals surface area contributed by atoms with Gasteiger partial charge < -0.3 is 19.3 Å². The Hall–Kier alpha value is -0.160. The lowest BCUT2D eigenvalue weighted by molar-refractivity contribution is -0.0446. The molecule has 0 aliphatic carbocycles. The lowest BCUT2D eigenvalue weighted by Gasteiger charge is -2.32. The summed E-state index contributed by atoms with van der Waals surface area (Å²) >= 11 is 0. The van der Waals surface area contributed by atoms with E-state index in [-0.39, 0.29) is 11.5 Å². The Bertz CT molecular complexity index is 310. The van der Waals surface area contributed by atoms with Crippen molar-refractivity contribution in [2.24, 2.45) is 17.3 Å². The van der Waals surface area contributed by atoms with Gasteiger partial charge in [0, 0.05) is 11.3 Å². The fourth-order valence-corrected chi connectivity index (χ4v) is 2.90. The maximum absolute atomic E-state index is 10.5. The molecule has 0 saturated carbocycles. The van der Waals surface area contributed by atoms with Crippen LogP contribution in [-0.4, -0.2) is 49.8 Å². The van der Waals surface area contributed by atoms with Gasteiger partial charge in [0.05, 0.1) is 44.7 Å². The third-order valence-electron chi connectivity index (χ3n) is 5.05. The zero-order valence-corrected chi connectivity index (χ0v) is 14.0. The molecule has 2 saturated heterocycles. The van der Waals surface area contributed by atoms with Crippen molar-refractivity contribution in [3.05, 3.63) is 0 Å². The van der Waals surface area contributed by atoms with Crippen LogP contribution in [0.5, 0.6) is 0 Å². The molecule has 0 amide bonds. The van der Waals surface area contributed by atoms with E-state index >= 15 is 0 Å². The molecule has 0 aromatic carbocycles. The predicted octanol–water partition coefficient (Wildman–Crippen LogP) is 2.63. The lowest BCUT2D eigenvalue weighted by atomic mass is 9.81.